The molecule has 9 N–H and O–H groups in total. The van der Waals surface area contributed by atoms with Gasteiger partial charge in [0.25, 0.3) is 0 Å². The second-order valence-electron chi connectivity index (χ2n) is 5.68. The number of carbonyl (C=O) groups is 1. The number of phenolic OH excluding ortho intramolecular Hbond substituents is 2. The molecule has 0 saturated carbocycles. The third kappa shape index (κ3) is 14.3. The molecule has 27 heavy (non-hydrogen) atoms. The molecule has 0 fully saturated rings. The summed E-state index contributed by atoms with van der Waals surface area (Å²) in [5.41, 5.74) is 17.4. The minimum atomic E-state index is -0.0150. The number of rotatable bonds is 6. The van der Waals surface area contributed by atoms with Gasteiger partial charge in [-0.25, -0.2) is 0 Å². The van der Waals surface area contributed by atoms with E-state index in [4.69, 9.17) is 27.4 Å². The molecule has 0 aromatic heterocycles. The van der Waals surface area contributed by atoms with E-state index >= 15 is 0 Å². The molecule has 2 rings (SSSR count). The molecular formula is C20H32N4O3. The van der Waals surface area contributed by atoms with E-state index in [1.165, 1.54) is 12.5 Å². The molecule has 2 aromatic rings. The lowest BCUT2D eigenvalue weighted by molar-refractivity contribution is -0.118. The van der Waals surface area contributed by atoms with Crippen LogP contribution in [-0.4, -0.2) is 42.3 Å². The van der Waals surface area contributed by atoms with Crippen LogP contribution >= 0.6 is 0 Å². The standard InChI is InChI=1S/C10H13NO2.C8H11NO.C2H8N2/c1-8(12)11-7-6-9-2-4-10(13)5-3-9;9-6-5-7-1-3-8(10)4-2-7;3-1-2-4/h2-5,13H,6-7H2,1H3,(H,11,12);1-4,10H,5-6,9H2;1-4H2. The molecule has 0 spiro atoms. The summed E-state index contributed by atoms with van der Waals surface area (Å²) >= 11 is 0. The van der Waals surface area contributed by atoms with Gasteiger partial charge in [-0.15, -0.1) is 0 Å². The maximum absolute atomic E-state index is 10.5. The van der Waals surface area contributed by atoms with E-state index in [2.05, 4.69) is 5.32 Å². The van der Waals surface area contributed by atoms with Gasteiger partial charge in [0, 0.05) is 26.6 Å². The number of carbonyl (C=O) groups excluding carboxylic acids is 1. The number of phenols is 2. The van der Waals surface area contributed by atoms with Crippen molar-refractivity contribution in [3.8, 4) is 11.5 Å². The van der Waals surface area contributed by atoms with Gasteiger partial charge in [-0.2, -0.15) is 0 Å². The first-order chi connectivity index (χ1) is 12.9. The molecule has 0 unspecified atom stereocenters. The van der Waals surface area contributed by atoms with Crippen LogP contribution in [0.25, 0.3) is 0 Å². The highest BCUT2D eigenvalue weighted by Crippen LogP contribution is 2.10. The minimum Gasteiger partial charge on any atom is -0.508 e. The third-order valence-electron chi connectivity index (χ3n) is 3.26. The zero-order valence-corrected chi connectivity index (χ0v) is 15.9. The molecule has 0 aliphatic rings. The van der Waals surface area contributed by atoms with Crippen molar-refractivity contribution >= 4 is 5.91 Å². The average Bonchev–Trinajstić information content (AvgIpc) is 2.66. The summed E-state index contributed by atoms with van der Waals surface area (Å²) in [6.45, 7) is 3.99. The Morgan fingerprint density at radius 1 is 0.778 bits per heavy atom. The lowest BCUT2D eigenvalue weighted by Gasteiger charge is -2.02. The fourth-order valence-corrected chi connectivity index (χ4v) is 1.87. The summed E-state index contributed by atoms with van der Waals surface area (Å²) in [6, 6.07) is 14.1. The van der Waals surface area contributed by atoms with Crippen LogP contribution in [0.4, 0.5) is 0 Å². The first kappa shape index (κ1) is 24.4. The van der Waals surface area contributed by atoms with Crippen LogP contribution in [-0.2, 0) is 17.6 Å². The van der Waals surface area contributed by atoms with Crippen molar-refractivity contribution in [3.63, 3.8) is 0 Å². The van der Waals surface area contributed by atoms with Gasteiger partial charge in [-0.1, -0.05) is 24.3 Å². The number of benzene rings is 2. The van der Waals surface area contributed by atoms with Crippen molar-refractivity contribution in [1.29, 1.82) is 0 Å². The van der Waals surface area contributed by atoms with E-state index in [-0.39, 0.29) is 11.7 Å². The molecular weight excluding hydrogens is 344 g/mol. The number of hydrogen-bond donors (Lipinski definition) is 6. The Kier molecular flexibility index (Phi) is 14.1. The van der Waals surface area contributed by atoms with E-state index in [1.54, 1.807) is 24.3 Å². The van der Waals surface area contributed by atoms with Gasteiger partial charge < -0.3 is 32.7 Å². The molecule has 0 aliphatic carbocycles. The molecule has 0 atom stereocenters. The van der Waals surface area contributed by atoms with Gasteiger partial charge in [-0.3, -0.25) is 4.79 Å². The van der Waals surface area contributed by atoms with Crippen molar-refractivity contribution in [1.82, 2.24) is 5.32 Å². The first-order valence-electron chi connectivity index (χ1n) is 8.83. The number of nitrogens with one attached hydrogen (secondary N) is 1. The highest BCUT2D eigenvalue weighted by molar-refractivity contribution is 5.72. The third-order valence-corrected chi connectivity index (χ3v) is 3.26. The molecule has 150 valence electrons. The maximum Gasteiger partial charge on any atom is 0.216 e. The minimum absolute atomic E-state index is 0.0150. The van der Waals surface area contributed by atoms with E-state index in [0.717, 1.165) is 18.4 Å². The Morgan fingerprint density at radius 3 is 1.52 bits per heavy atom. The summed E-state index contributed by atoms with van der Waals surface area (Å²) in [6.07, 6.45) is 1.67. The van der Waals surface area contributed by atoms with Crippen LogP contribution in [0.5, 0.6) is 11.5 Å². The van der Waals surface area contributed by atoms with Crippen LogP contribution < -0.4 is 22.5 Å². The Hall–Kier alpha value is -2.61. The zero-order valence-electron chi connectivity index (χ0n) is 15.9. The predicted octanol–water partition coefficient (Wildman–Crippen LogP) is 0.868. The van der Waals surface area contributed by atoms with Crippen molar-refractivity contribution in [2.75, 3.05) is 26.2 Å². The van der Waals surface area contributed by atoms with Crippen LogP contribution in [0.1, 0.15) is 18.1 Å². The highest BCUT2D eigenvalue weighted by atomic mass is 16.3. The van der Waals surface area contributed by atoms with Gasteiger partial charge in [0.05, 0.1) is 0 Å². The number of amides is 1. The van der Waals surface area contributed by atoms with Crippen molar-refractivity contribution < 1.29 is 15.0 Å². The van der Waals surface area contributed by atoms with E-state index in [0.29, 0.717) is 31.9 Å². The van der Waals surface area contributed by atoms with Crippen molar-refractivity contribution in [2.45, 2.75) is 19.8 Å². The molecule has 1 amide bonds. The second kappa shape index (κ2) is 15.6. The SMILES string of the molecule is CC(=O)NCCc1ccc(O)cc1.NCCN.NCCc1ccc(O)cc1. The zero-order chi connectivity index (χ0) is 20.5. The van der Waals surface area contributed by atoms with Crippen molar-refractivity contribution in [3.05, 3.63) is 59.7 Å². The smallest absolute Gasteiger partial charge is 0.216 e. The first-order valence-corrected chi connectivity index (χ1v) is 8.83. The van der Waals surface area contributed by atoms with E-state index < -0.39 is 0 Å². The molecule has 0 radical (unpaired) electrons. The Morgan fingerprint density at radius 2 is 1.19 bits per heavy atom. The van der Waals surface area contributed by atoms with Crippen molar-refractivity contribution in [2.24, 2.45) is 17.2 Å². The summed E-state index contributed by atoms with van der Waals surface area (Å²) in [7, 11) is 0. The highest BCUT2D eigenvalue weighted by Gasteiger charge is 1.94. The fraction of sp³-hybridized carbons (Fsp3) is 0.350. The molecule has 0 bridgehead atoms. The average molecular weight is 377 g/mol. The number of hydrogen-bond acceptors (Lipinski definition) is 6. The molecule has 0 heterocycles. The Balaban J connectivity index is 0.000000428. The largest absolute Gasteiger partial charge is 0.508 e. The predicted molar refractivity (Wildman–Crippen MR) is 109 cm³/mol. The van der Waals surface area contributed by atoms with Gasteiger partial charge in [0.1, 0.15) is 11.5 Å². The molecule has 2 aromatic carbocycles. The van der Waals surface area contributed by atoms with E-state index in [9.17, 15) is 4.79 Å². The summed E-state index contributed by atoms with van der Waals surface area (Å²) in [4.78, 5) is 10.5. The fourth-order valence-electron chi connectivity index (χ4n) is 1.87. The topological polar surface area (TPSA) is 148 Å². The summed E-state index contributed by atoms with van der Waals surface area (Å²) in [5.74, 6) is 0.558. The quantitative estimate of drug-likeness (QED) is 0.441. The molecule has 0 aliphatic heterocycles. The Bertz CT molecular complexity index is 614. The number of nitrogens with two attached hydrogens (primary N) is 3. The summed E-state index contributed by atoms with van der Waals surface area (Å²) < 4.78 is 0. The monoisotopic (exact) mass is 376 g/mol. The number of aromatic hydroxyl groups is 2. The van der Waals surface area contributed by atoms with Crippen LogP contribution in [0.2, 0.25) is 0 Å². The molecule has 7 nitrogen and oxygen atoms in total. The van der Waals surface area contributed by atoms with Crippen LogP contribution in [0.15, 0.2) is 48.5 Å². The molecule has 7 heteroatoms. The van der Waals surface area contributed by atoms with Gasteiger partial charge in [0.2, 0.25) is 5.91 Å². The lowest BCUT2D eigenvalue weighted by atomic mass is 10.1. The van der Waals surface area contributed by atoms with Crippen LogP contribution in [0, 0.1) is 0 Å². The van der Waals surface area contributed by atoms with Gasteiger partial charge in [0.15, 0.2) is 0 Å². The van der Waals surface area contributed by atoms with Gasteiger partial charge in [-0.05, 0) is 54.8 Å². The Labute approximate surface area is 161 Å². The second-order valence-corrected chi connectivity index (χ2v) is 5.68. The normalized spacial score (nSPS) is 9.33. The maximum atomic E-state index is 10.5. The van der Waals surface area contributed by atoms with Gasteiger partial charge >= 0.3 is 0 Å². The van der Waals surface area contributed by atoms with E-state index in [1.807, 2.05) is 24.3 Å². The summed E-state index contributed by atoms with van der Waals surface area (Å²) in [5, 5.41) is 20.6. The molecule has 0 saturated heterocycles. The lowest BCUT2D eigenvalue weighted by Crippen LogP contribution is -2.22. The van der Waals surface area contributed by atoms with Crippen LogP contribution in [0.3, 0.4) is 0 Å².